The summed E-state index contributed by atoms with van der Waals surface area (Å²) in [5, 5.41) is 4.29. The van der Waals surface area contributed by atoms with Crippen molar-refractivity contribution >= 4 is 5.69 Å². The Bertz CT molecular complexity index is 544. The van der Waals surface area contributed by atoms with Gasteiger partial charge in [-0.3, -0.25) is 9.58 Å². The van der Waals surface area contributed by atoms with E-state index in [4.69, 9.17) is 5.73 Å². The predicted molar refractivity (Wildman–Crippen MR) is 64.8 cm³/mol. The molecule has 0 atom stereocenters. The maximum Gasteiger partial charge on any atom is 0.164 e. The molecule has 1 aromatic heterocycles. The number of aromatic nitrogens is 3. The van der Waals surface area contributed by atoms with Gasteiger partial charge in [0.25, 0.3) is 0 Å². The van der Waals surface area contributed by atoms with Crippen molar-refractivity contribution in [1.82, 2.24) is 19.7 Å². The summed E-state index contributed by atoms with van der Waals surface area (Å²) >= 11 is 0. The summed E-state index contributed by atoms with van der Waals surface area (Å²) in [6.07, 6.45) is 1.73. The third-order valence-electron chi connectivity index (χ3n) is 3.03. The van der Waals surface area contributed by atoms with Crippen LogP contribution in [0.1, 0.15) is 17.0 Å². The second-order valence-electron chi connectivity index (χ2n) is 4.51. The molecule has 0 bridgehead atoms. The van der Waals surface area contributed by atoms with Crippen molar-refractivity contribution in [2.45, 2.75) is 19.6 Å². The average molecular weight is 229 g/mol. The zero-order valence-electron chi connectivity index (χ0n) is 9.80. The number of nitrogen functional groups attached to an aromatic ring is 1. The zero-order chi connectivity index (χ0) is 11.8. The van der Waals surface area contributed by atoms with Gasteiger partial charge >= 0.3 is 0 Å². The van der Waals surface area contributed by atoms with Gasteiger partial charge in [0.1, 0.15) is 6.33 Å². The topological polar surface area (TPSA) is 60.0 Å². The third-order valence-corrected chi connectivity index (χ3v) is 3.03. The summed E-state index contributed by atoms with van der Waals surface area (Å²) in [5.74, 6) is 0.869. The molecule has 0 amide bonds. The molecule has 17 heavy (non-hydrogen) atoms. The van der Waals surface area contributed by atoms with Crippen LogP contribution in [0.3, 0.4) is 0 Å². The minimum absolute atomic E-state index is 0.787. The molecule has 0 fully saturated rings. The summed E-state index contributed by atoms with van der Waals surface area (Å²) in [5.41, 5.74) is 9.30. The van der Waals surface area contributed by atoms with Crippen molar-refractivity contribution in [2.24, 2.45) is 7.05 Å². The minimum Gasteiger partial charge on any atom is -0.399 e. The van der Waals surface area contributed by atoms with Crippen molar-refractivity contribution in [3.63, 3.8) is 0 Å². The van der Waals surface area contributed by atoms with E-state index in [1.165, 1.54) is 11.1 Å². The SMILES string of the molecule is Cn1cnc(CN2Cc3ccc(N)cc3C2)n1. The Labute approximate surface area is 99.9 Å². The molecule has 0 unspecified atom stereocenters. The lowest BCUT2D eigenvalue weighted by atomic mass is 10.1. The predicted octanol–water partition coefficient (Wildman–Crippen LogP) is 0.913. The van der Waals surface area contributed by atoms with Crippen LogP contribution in [0.15, 0.2) is 24.5 Å². The average Bonchev–Trinajstić information content (AvgIpc) is 2.84. The van der Waals surface area contributed by atoms with Crippen molar-refractivity contribution in [3.8, 4) is 0 Å². The van der Waals surface area contributed by atoms with Crippen LogP contribution in [-0.4, -0.2) is 19.7 Å². The summed E-state index contributed by atoms with van der Waals surface area (Å²) in [7, 11) is 1.88. The number of aryl methyl sites for hydroxylation is 1. The molecule has 0 aliphatic carbocycles. The second kappa shape index (κ2) is 3.85. The monoisotopic (exact) mass is 229 g/mol. The molecular formula is C12H15N5. The van der Waals surface area contributed by atoms with Crippen LogP contribution >= 0.6 is 0 Å². The maximum absolute atomic E-state index is 5.79. The number of anilines is 1. The van der Waals surface area contributed by atoms with E-state index in [-0.39, 0.29) is 0 Å². The van der Waals surface area contributed by atoms with Crippen molar-refractivity contribution < 1.29 is 0 Å². The van der Waals surface area contributed by atoms with Crippen LogP contribution < -0.4 is 5.73 Å². The molecule has 5 nitrogen and oxygen atoms in total. The van der Waals surface area contributed by atoms with Gasteiger partial charge in [-0.1, -0.05) is 6.07 Å². The van der Waals surface area contributed by atoms with Crippen LogP contribution in [0.5, 0.6) is 0 Å². The highest BCUT2D eigenvalue weighted by molar-refractivity contribution is 5.46. The van der Waals surface area contributed by atoms with Gasteiger partial charge in [0.2, 0.25) is 0 Å². The van der Waals surface area contributed by atoms with Gasteiger partial charge in [0.15, 0.2) is 5.82 Å². The van der Waals surface area contributed by atoms with E-state index in [9.17, 15) is 0 Å². The lowest BCUT2D eigenvalue weighted by Gasteiger charge is -2.11. The van der Waals surface area contributed by atoms with Gasteiger partial charge in [-0.2, -0.15) is 5.10 Å². The Hall–Kier alpha value is -1.88. The van der Waals surface area contributed by atoms with E-state index in [0.717, 1.165) is 31.1 Å². The van der Waals surface area contributed by atoms with Crippen LogP contribution in [0.2, 0.25) is 0 Å². The molecule has 2 heterocycles. The van der Waals surface area contributed by atoms with Crippen LogP contribution in [-0.2, 0) is 26.7 Å². The molecule has 1 aliphatic rings. The number of nitrogens with zero attached hydrogens (tertiary/aromatic N) is 4. The van der Waals surface area contributed by atoms with Crippen LogP contribution in [0.4, 0.5) is 5.69 Å². The van der Waals surface area contributed by atoms with Gasteiger partial charge in [0.05, 0.1) is 6.54 Å². The Balaban J connectivity index is 1.74. The van der Waals surface area contributed by atoms with Crippen LogP contribution in [0, 0.1) is 0 Å². The smallest absolute Gasteiger partial charge is 0.164 e. The molecule has 3 rings (SSSR count). The summed E-state index contributed by atoms with van der Waals surface area (Å²) in [6, 6.07) is 6.12. The van der Waals surface area contributed by atoms with Crippen molar-refractivity contribution in [2.75, 3.05) is 5.73 Å². The van der Waals surface area contributed by atoms with E-state index < -0.39 is 0 Å². The van der Waals surface area contributed by atoms with Gasteiger partial charge in [-0.05, 0) is 23.3 Å². The Morgan fingerprint density at radius 1 is 1.29 bits per heavy atom. The molecule has 2 N–H and O–H groups in total. The molecule has 88 valence electrons. The normalized spacial score (nSPS) is 15.1. The molecule has 0 radical (unpaired) electrons. The molecule has 1 aliphatic heterocycles. The van der Waals surface area contributed by atoms with E-state index in [2.05, 4.69) is 27.1 Å². The molecule has 0 saturated carbocycles. The molecule has 0 spiro atoms. The molecular weight excluding hydrogens is 214 g/mol. The number of fused-ring (bicyclic) bond motifs is 1. The zero-order valence-corrected chi connectivity index (χ0v) is 9.80. The lowest BCUT2D eigenvalue weighted by Crippen LogP contribution is -2.16. The largest absolute Gasteiger partial charge is 0.399 e. The number of hydrogen-bond donors (Lipinski definition) is 1. The van der Waals surface area contributed by atoms with Gasteiger partial charge in [0, 0.05) is 25.8 Å². The fourth-order valence-corrected chi connectivity index (χ4v) is 2.25. The Kier molecular flexibility index (Phi) is 2.33. The standard InChI is InChI=1S/C12H15N5/c1-16-8-14-12(15-16)7-17-5-9-2-3-11(13)4-10(9)6-17/h2-4,8H,5-7,13H2,1H3. The van der Waals surface area contributed by atoms with Crippen LogP contribution in [0.25, 0.3) is 0 Å². The minimum atomic E-state index is 0.787. The lowest BCUT2D eigenvalue weighted by molar-refractivity contribution is 0.268. The molecule has 2 aromatic rings. The Morgan fingerprint density at radius 2 is 2.12 bits per heavy atom. The Morgan fingerprint density at radius 3 is 2.88 bits per heavy atom. The van der Waals surface area contributed by atoms with Gasteiger partial charge < -0.3 is 5.73 Å². The number of benzene rings is 1. The van der Waals surface area contributed by atoms with Crippen molar-refractivity contribution in [1.29, 1.82) is 0 Å². The fourth-order valence-electron chi connectivity index (χ4n) is 2.25. The number of nitrogens with two attached hydrogens (primary N) is 1. The summed E-state index contributed by atoms with van der Waals surface area (Å²) in [4.78, 5) is 6.56. The molecule has 1 aromatic carbocycles. The molecule has 0 saturated heterocycles. The first kappa shape index (κ1) is 10.3. The highest BCUT2D eigenvalue weighted by Gasteiger charge is 2.19. The highest BCUT2D eigenvalue weighted by atomic mass is 15.3. The van der Waals surface area contributed by atoms with E-state index in [1.54, 1.807) is 11.0 Å². The first-order chi connectivity index (χ1) is 8.20. The number of hydrogen-bond acceptors (Lipinski definition) is 4. The van der Waals surface area contributed by atoms with E-state index >= 15 is 0 Å². The fraction of sp³-hybridized carbons (Fsp3) is 0.333. The highest BCUT2D eigenvalue weighted by Crippen LogP contribution is 2.25. The first-order valence-electron chi connectivity index (χ1n) is 5.65. The molecule has 5 heteroatoms. The van der Waals surface area contributed by atoms with E-state index in [1.807, 2.05) is 13.1 Å². The first-order valence-corrected chi connectivity index (χ1v) is 5.65. The number of rotatable bonds is 2. The van der Waals surface area contributed by atoms with Crippen molar-refractivity contribution in [3.05, 3.63) is 41.5 Å². The maximum atomic E-state index is 5.79. The van der Waals surface area contributed by atoms with Gasteiger partial charge in [-0.15, -0.1) is 0 Å². The summed E-state index contributed by atoms with van der Waals surface area (Å²) < 4.78 is 1.73. The quantitative estimate of drug-likeness (QED) is 0.778. The second-order valence-corrected chi connectivity index (χ2v) is 4.51. The summed E-state index contributed by atoms with van der Waals surface area (Å²) in [6.45, 7) is 2.67. The third kappa shape index (κ3) is 2.01. The van der Waals surface area contributed by atoms with Gasteiger partial charge in [-0.25, -0.2) is 4.98 Å². The van der Waals surface area contributed by atoms with E-state index in [0.29, 0.717) is 0 Å².